The van der Waals surface area contributed by atoms with Gasteiger partial charge in [0.2, 0.25) is 0 Å². The molecule has 1 atom stereocenters. The average Bonchev–Trinajstić information content (AvgIpc) is 2.35. The van der Waals surface area contributed by atoms with Crippen LogP contribution in [0.25, 0.3) is 0 Å². The molecule has 6 nitrogen and oxygen atoms in total. The Balaban J connectivity index is 2.31. The average molecular weight is 296 g/mol. The molecule has 1 aromatic carbocycles. The predicted molar refractivity (Wildman–Crippen MR) is 73.6 cm³/mol. The summed E-state index contributed by atoms with van der Waals surface area (Å²) in [5.41, 5.74) is -1.13. The normalized spacial score (nSPS) is 21.1. The fraction of sp³-hybridized carbons (Fsp3) is 0.500. The summed E-state index contributed by atoms with van der Waals surface area (Å²) in [5.74, 6) is -1.32. The molecule has 1 heterocycles. The lowest BCUT2D eigenvalue weighted by molar-refractivity contribution is -0.384. The number of nitro groups is 1. The zero-order valence-electron chi connectivity index (χ0n) is 12.1. The van der Waals surface area contributed by atoms with E-state index in [9.17, 15) is 19.3 Å². The Hall–Kier alpha value is -2.02. The van der Waals surface area contributed by atoms with Gasteiger partial charge >= 0.3 is 0 Å². The molecule has 0 aliphatic carbocycles. The van der Waals surface area contributed by atoms with Gasteiger partial charge in [-0.2, -0.15) is 0 Å². The molecule has 0 aromatic heterocycles. The van der Waals surface area contributed by atoms with Gasteiger partial charge in [-0.1, -0.05) is 0 Å². The summed E-state index contributed by atoms with van der Waals surface area (Å²) in [6, 6.07) is 2.96. The van der Waals surface area contributed by atoms with E-state index in [1.54, 1.807) is 0 Å². The molecule has 1 amide bonds. The number of hydrogen-bond donors (Lipinski definition) is 0. The second-order valence-electron chi connectivity index (χ2n) is 5.80. The van der Waals surface area contributed by atoms with E-state index in [0.717, 1.165) is 18.2 Å². The van der Waals surface area contributed by atoms with Crippen LogP contribution in [-0.2, 0) is 4.74 Å². The van der Waals surface area contributed by atoms with E-state index in [1.807, 2.05) is 20.8 Å². The molecule has 0 saturated carbocycles. The maximum atomic E-state index is 13.8. The first kappa shape index (κ1) is 15.4. The molecular weight excluding hydrogens is 279 g/mol. The van der Waals surface area contributed by atoms with Crippen molar-refractivity contribution < 1.29 is 18.8 Å². The van der Waals surface area contributed by atoms with Gasteiger partial charge in [0.15, 0.2) is 0 Å². The minimum absolute atomic E-state index is 0.181. The van der Waals surface area contributed by atoms with Crippen molar-refractivity contribution in [1.82, 2.24) is 4.90 Å². The van der Waals surface area contributed by atoms with E-state index in [2.05, 4.69) is 0 Å². The zero-order chi connectivity index (χ0) is 15.8. The Kier molecular flexibility index (Phi) is 3.95. The van der Waals surface area contributed by atoms with Crippen molar-refractivity contribution in [2.75, 3.05) is 13.1 Å². The van der Waals surface area contributed by atoms with E-state index in [0.29, 0.717) is 13.1 Å². The number of carbonyl (C=O) groups excluding carboxylic acids is 1. The number of halogens is 1. The first-order valence-electron chi connectivity index (χ1n) is 6.60. The summed E-state index contributed by atoms with van der Waals surface area (Å²) in [6.07, 6.45) is -0.181. The van der Waals surface area contributed by atoms with Gasteiger partial charge in [0, 0.05) is 25.2 Å². The highest BCUT2D eigenvalue weighted by molar-refractivity contribution is 5.95. The second kappa shape index (κ2) is 5.40. The Morgan fingerprint density at radius 1 is 1.52 bits per heavy atom. The van der Waals surface area contributed by atoms with E-state index < -0.39 is 22.2 Å². The number of hydrogen-bond acceptors (Lipinski definition) is 4. The topological polar surface area (TPSA) is 72.7 Å². The highest BCUT2D eigenvalue weighted by Gasteiger charge is 2.35. The first-order valence-corrected chi connectivity index (χ1v) is 6.60. The molecule has 1 aromatic rings. The number of non-ortho nitro benzene ring substituents is 1. The Bertz CT molecular complexity index is 588. The third-order valence-electron chi connectivity index (χ3n) is 3.25. The lowest BCUT2D eigenvalue weighted by Gasteiger charge is -2.41. The van der Waals surface area contributed by atoms with Crippen LogP contribution < -0.4 is 0 Å². The molecule has 21 heavy (non-hydrogen) atoms. The molecule has 2 rings (SSSR count). The second-order valence-corrected chi connectivity index (χ2v) is 5.80. The van der Waals surface area contributed by atoms with Gasteiger partial charge in [0.05, 0.1) is 22.2 Å². The SMILES string of the molecule is CC1CN(C(=O)c2cc([N+](=O)[O-])ccc2F)CC(C)(C)O1. The van der Waals surface area contributed by atoms with Crippen molar-refractivity contribution in [1.29, 1.82) is 0 Å². The van der Waals surface area contributed by atoms with Crippen molar-refractivity contribution >= 4 is 11.6 Å². The number of morpholine rings is 1. The smallest absolute Gasteiger partial charge is 0.270 e. The van der Waals surface area contributed by atoms with Crippen molar-refractivity contribution in [3.8, 4) is 0 Å². The van der Waals surface area contributed by atoms with Gasteiger partial charge in [0.1, 0.15) is 5.82 Å². The van der Waals surface area contributed by atoms with Crippen LogP contribution >= 0.6 is 0 Å². The molecular formula is C14H17FN2O4. The summed E-state index contributed by atoms with van der Waals surface area (Å²) >= 11 is 0. The molecule has 1 aliphatic heterocycles. The van der Waals surface area contributed by atoms with E-state index in [-0.39, 0.29) is 17.4 Å². The monoisotopic (exact) mass is 296 g/mol. The van der Waals surface area contributed by atoms with Crippen molar-refractivity contribution in [3.63, 3.8) is 0 Å². The first-order chi connectivity index (χ1) is 9.69. The molecule has 0 N–H and O–H groups in total. The minimum atomic E-state index is -0.762. The number of carbonyl (C=O) groups is 1. The van der Waals surface area contributed by atoms with Crippen molar-refractivity contribution in [2.24, 2.45) is 0 Å². The fourth-order valence-corrected chi connectivity index (χ4v) is 2.57. The molecule has 0 spiro atoms. The van der Waals surface area contributed by atoms with E-state index in [4.69, 9.17) is 4.74 Å². The van der Waals surface area contributed by atoms with Crippen LogP contribution in [0, 0.1) is 15.9 Å². The molecule has 1 saturated heterocycles. The lowest BCUT2D eigenvalue weighted by Crippen LogP contribution is -2.53. The standard InChI is InChI=1S/C14H17FN2O4/c1-9-7-16(8-14(2,3)21-9)13(18)11-6-10(17(19)20)4-5-12(11)15/h4-6,9H,7-8H2,1-3H3. The van der Waals surface area contributed by atoms with Gasteiger partial charge in [-0.3, -0.25) is 14.9 Å². The number of nitrogens with zero attached hydrogens (tertiary/aromatic N) is 2. The van der Waals surface area contributed by atoms with Gasteiger partial charge in [-0.15, -0.1) is 0 Å². The lowest BCUT2D eigenvalue weighted by atomic mass is 10.0. The van der Waals surface area contributed by atoms with Crippen LogP contribution in [0.3, 0.4) is 0 Å². The molecule has 1 aliphatic rings. The van der Waals surface area contributed by atoms with Gasteiger partial charge < -0.3 is 9.64 Å². The molecule has 7 heteroatoms. The van der Waals surface area contributed by atoms with Gasteiger partial charge in [-0.05, 0) is 26.8 Å². The summed E-state index contributed by atoms with van der Waals surface area (Å²) in [5, 5.41) is 10.8. The molecule has 114 valence electrons. The summed E-state index contributed by atoms with van der Waals surface area (Å²) in [7, 11) is 0. The minimum Gasteiger partial charge on any atom is -0.369 e. The summed E-state index contributed by atoms with van der Waals surface area (Å²) in [6.45, 7) is 6.13. The molecule has 1 unspecified atom stereocenters. The number of rotatable bonds is 2. The predicted octanol–water partition coefficient (Wildman–Crippen LogP) is 2.37. The van der Waals surface area contributed by atoms with Crippen LogP contribution in [0.15, 0.2) is 18.2 Å². The maximum Gasteiger partial charge on any atom is 0.270 e. The zero-order valence-corrected chi connectivity index (χ0v) is 12.1. The third-order valence-corrected chi connectivity index (χ3v) is 3.25. The Morgan fingerprint density at radius 3 is 2.76 bits per heavy atom. The van der Waals surface area contributed by atoms with Crippen LogP contribution in [0.5, 0.6) is 0 Å². The van der Waals surface area contributed by atoms with Crippen molar-refractivity contribution in [2.45, 2.75) is 32.5 Å². The largest absolute Gasteiger partial charge is 0.369 e. The highest BCUT2D eigenvalue weighted by Crippen LogP contribution is 2.24. The maximum absolute atomic E-state index is 13.8. The van der Waals surface area contributed by atoms with E-state index >= 15 is 0 Å². The Morgan fingerprint density at radius 2 is 2.19 bits per heavy atom. The van der Waals surface area contributed by atoms with Crippen LogP contribution in [0.4, 0.5) is 10.1 Å². The number of amides is 1. The highest BCUT2D eigenvalue weighted by atomic mass is 19.1. The van der Waals surface area contributed by atoms with Crippen molar-refractivity contribution in [3.05, 3.63) is 39.7 Å². The summed E-state index contributed by atoms with van der Waals surface area (Å²) in [4.78, 5) is 24.0. The number of nitro benzene ring substituents is 1. The Labute approximate surface area is 121 Å². The fourth-order valence-electron chi connectivity index (χ4n) is 2.57. The third kappa shape index (κ3) is 3.36. The molecule has 1 fully saturated rings. The number of ether oxygens (including phenoxy) is 1. The van der Waals surface area contributed by atoms with Crippen LogP contribution in [0.2, 0.25) is 0 Å². The quantitative estimate of drug-likeness (QED) is 0.620. The number of benzene rings is 1. The summed E-state index contributed by atoms with van der Waals surface area (Å²) < 4.78 is 19.5. The molecule has 0 bridgehead atoms. The molecule has 0 radical (unpaired) electrons. The van der Waals surface area contributed by atoms with Gasteiger partial charge in [-0.25, -0.2) is 4.39 Å². The van der Waals surface area contributed by atoms with Gasteiger partial charge in [0.25, 0.3) is 11.6 Å². The van der Waals surface area contributed by atoms with Crippen LogP contribution in [0.1, 0.15) is 31.1 Å². The van der Waals surface area contributed by atoms with E-state index in [1.165, 1.54) is 4.90 Å². The van der Waals surface area contributed by atoms with Crippen LogP contribution in [-0.4, -0.2) is 40.5 Å².